The van der Waals surface area contributed by atoms with Gasteiger partial charge < -0.3 is 0 Å². The van der Waals surface area contributed by atoms with Crippen molar-refractivity contribution < 1.29 is 21.6 Å². The van der Waals surface area contributed by atoms with E-state index in [1.54, 1.807) is 24.3 Å². The fourth-order valence-corrected chi connectivity index (χ4v) is 3.43. The lowest BCUT2D eigenvalue weighted by molar-refractivity contribution is -0.140. The van der Waals surface area contributed by atoms with Gasteiger partial charge in [0.25, 0.3) is 0 Å². The average Bonchev–Trinajstić information content (AvgIpc) is 3.00. The Bertz CT molecular complexity index is 1060. The van der Waals surface area contributed by atoms with Crippen LogP contribution >= 0.6 is 15.9 Å². The highest BCUT2D eigenvalue weighted by Crippen LogP contribution is 2.33. The number of alkyl halides is 3. The lowest BCUT2D eigenvalue weighted by atomic mass is 10.2. The van der Waals surface area contributed by atoms with Gasteiger partial charge in [-0.1, -0.05) is 28.1 Å². The van der Waals surface area contributed by atoms with E-state index in [9.17, 15) is 21.6 Å². The fraction of sp³-hybridized carbons (Fsp3) is 0.118. The van der Waals surface area contributed by atoms with Crippen LogP contribution in [0.1, 0.15) is 5.69 Å². The van der Waals surface area contributed by atoms with Crippen LogP contribution in [0.5, 0.6) is 0 Å². The summed E-state index contributed by atoms with van der Waals surface area (Å²) in [6.07, 6.45) is -2.64. The zero-order chi connectivity index (χ0) is 19.1. The zero-order valence-corrected chi connectivity index (χ0v) is 15.7. The molecule has 26 heavy (non-hydrogen) atoms. The second-order valence-corrected chi connectivity index (χ2v) is 8.53. The van der Waals surface area contributed by atoms with E-state index in [4.69, 9.17) is 0 Å². The van der Waals surface area contributed by atoms with E-state index in [0.29, 0.717) is 15.7 Å². The van der Waals surface area contributed by atoms with Crippen molar-refractivity contribution in [1.82, 2.24) is 9.55 Å². The monoisotopic (exact) mass is 444 g/mol. The van der Waals surface area contributed by atoms with Crippen molar-refractivity contribution >= 4 is 25.8 Å². The van der Waals surface area contributed by atoms with Gasteiger partial charge in [-0.2, -0.15) is 13.2 Å². The minimum Gasteiger partial charge on any atom is -0.299 e. The molecule has 0 fully saturated rings. The first-order valence-electron chi connectivity index (χ1n) is 7.29. The standard InChI is InChI=1S/C17H12BrF3N2O2S/c1-26(24,25)14-7-5-13(6-8-14)23-10-15(17(19,20)21)22-16(23)11-3-2-4-12(18)9-11/h2-10H,1H3. The SMILES string of the molecule is CS(=O)(=O)c1ccc(-n2cc(C(F)(F)F)nc2-c2cccc(Br)c2)cc1. The Balaban J connectivity index is 2.18. The van der Waals surface area contributed by atoms with Gasteiger partial charge in [-0.15, -0.1) is 0 Å². The van der Waals surface area contributed by atoms with Gasteiger partial charge in [0, 0.05) is 28.2 Å². The molecule has 0 saturated heterocycles. The molecule has 0 radical (unpaired) electrons. The highest BCUT2D eigenvalue weighted by Gasteiger charge is 2.35. The molecule has 3 aromatic rings. The molecule has 3 rings (SSSR count). The zero-order valence-electron chi connectivity index (χ0n) is 13.3. The molecule has 0 N–H and O–H groups in total. The second kappa shape index (κ2) is 6.55. The number of aromatic nitrogens is 2. The molecule has 0 unspecified atom stereocenters. The van der Waals surface area contributed by atoms with Crippen molar-refractivity contribution in [3.05, 3.63) is 64.9 Å². The number of rotatable bonds is 3. The highest BCUT2D eigenvalue weighted by atomic mass is 79.9. The van der Waals surface area contributed by atoms with E-state index >= 15 is 0 Å². The van der Waals surface area contributed by atoms with E-state index in [2.05, 4.69) is 20.9 Å². The van der Waals surface area contributed by atoms with Crippen LogP contribution in [0.4, 0.5) is 13.2 Å². The van der Waals surface area contributed by atoms with Crippen LogP contribution in [0.25, 0.3) is 17.1 Å². The van der Waals surface area contributed by atoms with Gasteiger partial charge in [-0.3, -0.25) is 4.57 Å². The minimum absolute atomic E-state index is 0.0846. The van der Waals surface area contributed by atoms with Crippen molar-refractivity contribution in [2.45, 2.75) is 11.1 Å². The quantitative estimate of drug-likeness (QED) is 0.586. The second-order valence-electron chi connectivity index (χ2n) is 5.59. The first-order chi connectivity index (χ1) is 12.1. The lowest BCUT2D eigenvalue weighted by Crippen LogP contribution is -2.05. The largest absolute Gasteiger partial charge is 0.434 e. The van der Waals surface area contributed by atoms with E-state index in [0.717, 1.165) is 12.5 Å². The molecule has 0 saturated carbocycles. The summed E-state index contributed by atoms with van der Waals surface area (Å²) in [5, 5.41) is 0. The molecule has 0 bridgehead atoms. The van der Waals surface area contributed by atoms with Crippen molar-refractivity contribution in [3.8, 4) is 17.1 Å². The molecule has 2 aromatic carbocycles. The van der Waals surface area contributed by atoms with Crippen LogP contribution in [-0.2, 0) is 16.0 Å². The predicted octanol–water partition coefficient (Wildman–Crippen LogP) is 4.72. The molecule has 0 atom stereocenters. The lowest BCUT2D eigenvalue weighted by Gasteiger charge is -2.09. The molecule has 0 amide bonds. The van der Waals surface area contributed by atoms with Crippen molar-refractivity contribution in [2.75, 3.05) is 6.26 Å². The normalized spacial score (nSPS) is 12.3. The van der Waals surface area contributed by atoms with Gasteiger partial charge in [0.05, 0.1) is 4.90 Å². The maximum Gasteiger partial charge on any atom is 0.434 e. The third-order valence-electron chi connectivity index (χ3n) is 3.62. The summed E-state index contributed by atoms with van der Waals surface area (Å²) in [6.45, 7) is 0. The molecule has 136 valence electrons. The van der Waals surface area contributed by atoms with Gasteiger partial charge in [-0.25, -0.2) is 13.4 Å². The predicted molar refractivity (Wildman–Crippen MR) is 94.8 cm³/mol. The van der Waals surface area contributed by atoms with Crippen LogP contribution in [-0.4, -0.2) is 24.2 Å². The van der Waals surface area contributed by atoms with Gasteiger partial charge in [0.15, 0.2) is 15.5 Å². The van der Waals surface area contributed by atoms with Crippen LogP contribution in [0.15, 0.2) is 64.1 Å². The molecule has 0 spiro atoms. The Morgan fingerprint density at radius 2 is 1.73 bits per heavy atom. The van der Waals surface area contributed by atoms with Crippen molar-refractivity contribution in [2.24, 2.45) is 0 Å². The first kappa shape index (κ1) is 18.7. The average molecular weight is 445 g/mol. The summed E-state index contributed by atoms with van der Waals surface area (Å²) in [5.41, 5.74) is -0.169. The Labute approximate surface area is 156 Å². The molecule has 4 nitrogen and oxygen atoms in total. The maximum atomic E-state index is 13.1. The number of halogens is 4. The Hall–Kier alpha value is -2.13. The molecule has 9 heteroatoms. The van der Waals surface area contributed by atoms with Gasteiger partial charge in [-0.05, 0) is 36.4 Å². The number of hydrogen-bond acceptors (Lipinski definition) is 3. The third kappa shape index (κ3) is 3.83. The summed E-state index contributed by atoms with van der Waals surface area (Å²) in [7, 11) is -3.40. The van der Waals surface area contributed by atoms with E-state index in [1.165, 1.54) is 28.8 Å². The molecule has 0 aliphatic heterocycles. The van der Waals surface area contributed by atoms with E-state index in [-0.39, 0.29) is 10.7 Å². The smallest absolute Gasteiger partial charge is 0.299 e. The maximum absolute atomic E-state index is 13.1. The summed E-state index contributed by atoms with van der Waals surface area (Å²) < 4.78 is 64.6. The first-order valence-corrected chi connectivity index (χ1v) is 9.97. The Kier molecular flexibility index (Phi) is 4.70. The van der Waals surface area contributed by atoms with Crippen LogP contribution in [0, 0.1) is 0 Å². The summed E-state index contributed by atoms with van der Waals surface area (Å²) in [6, 6.07) is 12.3. The number of benzene rings is 2. The number of nitrogens with zero attached hydrogens (tertiary/aromatic N) is 2. The van der Waals surface area contributed by atoms with Crippen LogP contribution in [0.3, 0.4) is 0 Å². The number of sulfone groups is 1. The van der Waals surface area contributed by atoms with E-state index in [1.807, 2.05) is 0 Å². The molecular weight excluding hydrogens is 433 g/mol. The van der Waals surface area contributed by atoms with Crippen LogP contribution in [0.2, 0.25) is 0 Å². The molecule has 0 aliphatic carbocycles. The van der Waals surface area contributed by atoms with Crippen LogP contribution < -0.4 is 0 Å². The molecular formula is C17H12BrF3N2O2S. The topological polar surface area (TPSA) is 52.0 Å². The van der Waals surface area contributed by atoms with Crippen molar-refractivity contribution in [1.29, 1.82) is 0 Å². The highest BCUT2D eigenvalue weighted by molar-refractivity contribution is 9.10. The molecule has 1 aromatic heterocycles. The van der Waals surface area contributed by atoms with Gasteiger partial charge in [0.2, 0.25) is 0 Å². The molecule has 1 heterocycles. The van der Waals surface area contributed by atoms with Gasteiger partial charge >= 0.3 is 6.18 Å². The molecule has 0 aliphatic rings. The number of imidazole rings is 1. The van der Waals surface area contributed by atoms with Gasteiger partial charge in [0.1, 0.15) is 5.82 Å². The minimum atomic E-state index is -4.60. The Morgan fingerprint density at radius 3 is 2.27 bits per heavy atom. The number of hydrogen-bond donors (Lipinski definition) is 0. The summed E-state index contributed by atoms with van der Waals surface area (Å²) in [5.74, 6) is 0.103. The summed E-state index contributed by atoms with van der Waals surface area (Å²) in [4.78, 5) is 3.82. The summed E-state index contributed by atoms with van der Waals surface area (Å²) >= 11 is 3.29. The fourth-order valence-electron chi connectivity index (χ4n) is 2.40. The Morgan fingerprint density at radius 1 is 1.08 bits per heavy atom. The van der Waals surface area contributed by atoms with Crippen molar-refractivity contribution in [3.63, 3.8) is 0 Å². The van der Waals surface area contributed by atoms with E-state index < -0.39 is 21.7 Å². The third-order valence-corrected chi connectivity index (χ3v) is 5.24.